The Kier molecular flexibility index (Phi) is 6.04. The summed E-state index contributed by atoms with van der Waals surface area (Å²) in [5, 5.41) is 1.35. The molecule has 0 saturated heterocycles. The van der Waals surface area contributed by atoms with E-state index in [4.69, 9.17) is 12.7 Å². The molecule has 3 aromatic carbocycles. The second-order valence-electron chi connectivity index (χ2n) is 8.86. The van der Waals surface area contributed by atoms with Crippen LogP contribution in [0.15, 0.2) is 97.3 Å². The molecule has 0 N–H and O–H groups in total. The molecule has 6 rings (SSSR count). The zero-order chi connectivity index (χ0) is 30.1. The second kappa shape index (κ2) is 11.3. The number of benzene rings is 3. The predicted molar refractivity (Wildman–Crippen MR) is 150 cm³/mol. The topological polar surface area (TPSA) is 35.0 Å². The zero-order valence-corrected chi connectivity index (χ0v) is 23.8. The Morgan fingerprint density at radius 2 is 1.59 bits per heavy atom. The summed E-state index contributed by atoms with van der Waals surface area (Å²) in [5.74, 6) is 0.927. The van der Waals surface area contributed by atoms with Crippen molar-refractivity contribution in [3.05, 3.63) is 121 Å². The van der Waals surface area contributed by atoms with Gasteiger partial charge in [-0.25, -0.2) is 0 Å². The maximum Gasteiger partial charge on any atom is 0.264 e. The Hall–Kier alpha value is -3.37. The van der Waals surface area contributed by atoms with Crippen molar-refractivity contribution in [3.63, 3.8) is 0 Å². The average Bonchev–Trinajstić information content (AvgIpc) is 2.97. The molecule has 0 saturated carbocycles. The molecule has 187 valence electrons. The van der Waals surface area contributed by atoms with Gasteiger partial charge in [-0.2, -0.15) is 0 Å². The predicted octanol–water partition coefficient (Wildman–Crippen LogP) is 7.18. The van der Waals surface area contributed by atoms with Crippen LogP contribution in [0.5, 0.6) is 5.75 Å². The third-order valence-corrected chi connectivity index (χ3v) is 8.43. The first-order valence-corrected chi connectivity index (χ1v) is 14.5. The van der Waals surface area contributed by atoms with Gasteiger partial charge in [0.15, 0.2) is 0 Å². The van der Waals surface area contributed by atoms with Crippen molar-refractivity contribution in [3.8, 4) is 39.4 Å². The molecule has 0 unspecified atom stereocenters. The van der Waals surface area contributed by atoms with E-state index in [2.05, 4.69) is 65.5 Å². The fraction of sp³-hybridized carbons (Fsp3) is 0.125. The van der Waals surface area contributed by atoms with E-state index in [-0.39, 0.29) is 31.2 Å². The third-order valence-electron chi connectivity index (χ3n) is 5.98. The van der Waals surface area contributed by atoms with E-state index in [9.17, 15) is 0 Å². The molecular formula is C32H28IrN2OSi-2. The largest absolute Gasteiger partial charge is 0.583 e. The summed E-state index contributed by atoms with van der Waals surface area (Å²) in [6, 6.07) is 33.1. The monoisotopic (exact) mass is 683 g/mol. The molecule has 3 heterocycles. The van der Waals surface area contributed by atoms with Crippen LogP contribution in [-0.4, -0.2) is 18.3 Å². The van der Waals surface area contributed by atoms with Crippen LogP contribution in [0.25, 0.3) is 33.6 Å². The van der Waals surface area contributed by atoms with Crippen LogP contribution in [0.3, 0.4) is 0 Å². The van der Waals surface area contributed by atoms with Crippen molar-refractivity contribution >= 4 is 13.5 Å². The number of rotatable bonds is 2. The van der Waals surface area contributed by atoms with Crippen molar-refractivity contribution in [2.45, 2.75) is 26.8 Å². The van der Waals surface area contributed by atoms with Crippen LogP contribution in [0.2, 0.25) is 13.1 Å². The van der Waals surface area contributed by atoms with Gasteiger partial charge in [0.05, 0.1) is 0 Å². The van der Waals surface area contributed by atoms with Gasteiger partial charge in [-0.3, -0.25) is 0 Å². The van der Waals surface area contributed by atoms with Crippen LogP contribution in [-0.2, 0) is 20.1 Å². The van der Waals surface area contributed by atoms with E-state index >= 15 is 0 Å². The molecule has 5 aromatic rings. The molecule has 2 aromatic heterocycles. The molecule has 3 nitrogen and oxygen atoms in total. The van der Waals surface area contributed by atoms with Crippen LogP contribution < -0.4 is 9.61 Å². The Labute approximate surface area is 242 Å². The SMILES string of the molecule is C[Si]1(C)Oc2c(-c3ccccn3)[c-]ccc2-c2ccccc21.[2H]C([2H])([2H])c1cnc(-c2[c-]cccc2)cc1C([2H])([2H])[2H].[Ir]. The molecule has 0 atom stereocenters. The first-order chi connectivity index (χ1) is 19.9. The molecule has 1 radical (unpaired) electrons. The summed E-state index contributed by atoms with van der Waals surface area (Å²) in [7, 11) is -1.97. The average molecular weight is 683 g/mol. The van der Waals surface area contributed by atoms with Gasteiger partial charge in [0.2, 0.25) is 0 Å². The van der Waals surface area contributed by atoms with Gasteiger partial charge in [-0.1, -0.05) is 59.2 Å². The summed E-state index contributed by atoms with van der Waals surface area (Å²) < 4.78 is 51.2. The molecular weight excluding hydrogens is 649 g/mol. The number of hydrogen-bond donors (Lipinski definition) is 0. The minimum atomic E-state index is -2.50. The number of aryl methyl sites for hydroxylation is 2. The van der Waals surface area contributed by atoms with Gasteiger partial charge in [-0.15, -0.1) is 54.1 Å². The van der Waals surface area contributed by atoms with E-state index in [1.54, 1.807) is 24.3 Å². The zero-order valence-electron chi connectivity index (χ0n) is 26.4. The standard InChI is InChI=1S/C19H16NOSi.C13H12N.Ir/c1-22(2)18-12-4-3-8-14(18)15-9-7-10-16(19(15)21-22)17-11-5-6-13-20-17;1-10-8-13(14-9-11(10)2)12-6-4-3-5-7-12;/h3-9,11-13H,1-2H3;3-6,8-9H,1-2H3;/q2*-1;/i;1D3,2D3;. The maximum atomic E-state index is 7.50. The molecule has 0 bridgehead atoms. The van der Waals surface area contributed by atoms with Crippen molar-refractivity contribution in [1.29, 1.82) is 0 Å². The molecule has 37 heavy (non-hydrogen) atoms. The summed E-state index contributed by atoms with van der Waals surface area (Å²) in [5.41, 5.74) is 4.86. The summed E-state index contributed by atoms with van der Waals surface area (Å²) in [6.45, 7) is -0.528. The van der Waals surface area contributed by atoms with Gasteiger partial charge < -0.3 is 14.4 Å². The summed E-state index contributed by atoms with van der Waals surface area (Å²) in [4.78, 5) is 8.51. The van der Waals surface area contributed by atoms with Crippen molar-refractivity contribution in [2.75, 3.05) is 0 Å². The summed E-state index contributed by atoms with van der Waals surface area (Å²) in [6.07, 6.45) is 2.92. The Morgan fingerprint density at radius 3 is 2.35 bits per heavy atom. The van der Waals surface area contributed by atoms with Gasteiger partial charge >= 0.3 is 0 Å². The van der Waals surface area contributed by atoms with Gasteiger partial charge in [0, 0.05) is 46.5 Å². The fourth-order valence-electron chi connectivity index (χ4n) is 4.21. The van der Waals surface area contributed by atoms with Crippen LogP contribution in [0, 0.1) is 25.8 Å². The van der Waals surface area contributed by atoms with Crippen LogP contribution in [0.4, 0.5) is 0 Å². The number of pyridine rings is 2. The Balaban J connectivity index is 0.000000194. The molecule has 1 aliphatic rings. The molecule has 0 amide bonds. The quantitative estimate of drug-likeness (QED) is 0.146. The number of hydrogen-bond acceptors (Lipinski definition) is 3. The van der Waals surface area contributed by atoms with E-state index in [0.29, 0.717) is 11.3 Å². The maximum absolute atomic E-state index is 7.50. The smallest absolute Gasteiger partial charge is 0.264 e. The molecule has 0 fully saturated rings. The summed E-state index contributed by atoms with van der Waals surface area (Å²) >= 11 is 0. The van der Waals surface area contributed by atoms with Crippen molar-refractivity contribution in [1.82, 2.24) is 9.97 Å². The minimum Gasteiger partial charge on any atom is -0.583 e. The van der Waals surface area contributed by atoms with Crippen molar-refractivity contribution < 1.29 is 32.8 Å². The van der Waals surface area contributed by atoms with Gasteiger partial charge in [0.1, 0.15) is 0 Å². The minimum absolute atomic E-state index is 0. The van der Waals surface area contributed by atoms with Crippen molar-refractivity contribution in [2.24, 2.45) is 0 Å². The van der Waals surface area contributed by atoms with Gasteiger partial charge in [-0.05, 0) is 60.6 Å². The van der Waals surface area contributed by atoms with Crippen LogP contribution in [0.1, 0.15) is 19.4 Å². The van der Waals surface area contributed by atoms with E-state index in [1.165, 1.54) is 16.8 Å². The van der Waals surface area contributed by atoms with E-state index in [1.807, 2.05) is 30.5 Å². The number of nitrogens with zero attached hydrogens (tertiary/aromatic N) is 2. The number of aromatic nitrogens is 2. The van der Waals surface area contributed by atoms with Crippen LogP contribution >= 0.6 is 0 Å². The Morgan fingerprint density at radius 1 is 0.784 bits per heavy atom. The molecule has 5 heteroatoms. The Bertz CT molecular complexity index is 1700. The van der Waals surface area contributed by atoms with Gasteiger partial charge in [0.25, 0.3) is 8.32 Å². The second-order valence-corrected chi connectivity index (χ2v) is 12.6. The normalized spacial score (nSPS) is 15.6. The van der Waals surface area contributed by atoms with E-state index in [0.717, 1.165) is 28.8 Å². The number of fused-ring (bicyclic) bond motifs is 3. The fourth-order valence-corrected chi connectivity index (χ4v) is 6.41. The van der Waals surface area contributed by atoms with E-state index < -0.39 is 22.0 Å². The first-order valence-electron chi connectivity index (χ1n) is 14.6. The first kappa shape index (κ1) is 19.7. The third kappa shape index (κ3) is 5.65. The molecule has 1 aliphatic heterocycles. The molecule has 0 aliphatic carbocycles. The molecule has 0 spiro atoms.